The zero-order chi connectivity index (χ0) is 13.4. The molecule has 0 N–H and O–H groups in total. The second-order valence-electron chi connectivity index (χ2n) is 5.24. The van der Waals surface area contributed by atoms with E-state index in [0.717, 1.165) is 29.4 Å². The van der Waals surface area contributed by atoms with Crippen molar-refractivity contribution in [3.05, 3.63) is 34.6 Å². The van der Waals surface area contributed by atoms with E-state index in [1.165, 1.54) is 36.6 Å². The highest BCUT2D eigenvalue weighted by Crippen LogP contribution is 2.33. The lowest BCUT2D eigenvalue weighted by Crippen LogP contribution is -2.06. The summed E-state index contributed by atoms with van der Waals surface area (Å²) in [5.74, 6) is -0.224. The van der Waals surface area contributed by atoms with Gasteiger partial charge in [-0.05, 0) is 55.4 Å². The first-order valence-corrected chi connectivity index (χ1v) is 6.79. The highest BCUT2D eigenvalue weighted by atomic mass is 16.5. The Hall–Kier alpha value is -1.77. The van der Waals surface area contributed by atoms with Crippen LogP contribution in [0.25, 0.3) is 11.0 Å². The fraction of sp³-hybridized carbons (Fsp3) is 0.438. The Morgan fingerprint density at radius 3 is 2.95 bits per heavy atom. The number of esters is 1. The average Bonchev–Trinajstić information content (AvgIpc) is 2.82. The Kier molecular flexibility index (Phi) is 3.05. The molecule has 100 valence electrons. The zero-order valence-corrected chi connectivity index (χ0v) is 11.4. The summed E-state index contributed by atoms with van der Waals surface area (Å²) in [5.41, 5.74) is 5.96. The van der Waals surface area contributed by atoms with Crippen LogP contribution in [0.1, 0.15) is 35.1 Å². The molecule has 1 aliphatic carbocycles. The van der Waals surface area contributed by atoms with Gasteiger partial charge in [-0.1, -0.05) is 0 Å². The Labute approximate surface area is 112 Å². The molecular formula is C16H18O3. The molecule has 3 nitrogen and oxygen atoms in total. The van der Waals surface area contributed by atoms with Gasteiger partial charge in [0.05, 0.1) is 19.8 Å². The van der Waals surface area contributed by atoms with E-state index in [2.05, 4.69) is 13.0 Å². The highest BCUT2D eigenvalue weighted by molar-refractivity contribution is 5.89. The molecule has 0 saturated heterocycles. The molecule has 0 atom stereocenters. The van der Waals surface area contributed by atoms with Crippen molar-refractivity contribution < 1.29 is 13.9 Å². The van der Waals surface area contributed by atoms with Gasteiger partial charge in [0.2, 0.25) is 0 Å². The van der Waals surface area contributed by atoms with Crippen LogP contribution in [-0.2, 0) is 28.8 Å². The Bertz CT molecular complexity index is 637. The predicted molar refractivity (Wildman–Crippen MR) is 73.3 cm³/mol. The number of ether oxygens (including phenoxy) is 1. The summed E-state index contributed by atoms with van der Waals surface area (Å²) in [6.07, 6.45) is 6.76. The van der Waals surface area contributed by atoms with Crippen LogP contribution in [0.15, 0.2) is 16.7 Å². The van der Waals surface area contributed by atoms with Crippen LogP contribution in [0.3, 0.4) is 0 Å². The van der Waals surface area contributed by atoms with Crippen LogP contribution in [-0.4, -0.2) is 13.1 Å². The number of carbonyl (C=O) groups excluding carboxylic acids is 1. The van der Waals surface area contributed by atoms with Crippen LogP contribution in [0.4, 0.5) is 0 Å². The number of carbonyl (C=O) groups is 1. The van der Waals surface area contributed by atoms with E-state index in [1.54, 1.807) is 6.26 Å². The van der Waals surface area contributed by atoms with E-state index < -0.39 is 0 Å². The molecule has 19 heavy (non-hydrogen) atoms. The summed E-state index contributed by atoms with van der Waals surface area (Å²) in [5, 5.41) is 1.07. The van der Waals surface area contributed by atoms with Crippen molar-refractivity contribution in [2.75, 3.05) is 7.11 Å². The number of methoxy groups -OCH3 is 1. The van der Waals surface area contributed by atoms with Gasteiger partial charge in [-0.3, -0.25) is 4.79 Å². The van der Waals surface area contributed by atoms with E-state index in [9.17, 15) is 4.79 Å². The minimum Gasteiger partial charge on any atom is -0.469 e. The van der Waals surface area contributed by atoms with Gasteiger partial charge >= 0.3 is 5.97 Å². The maximum absolute atomic E-state index is 11.4. The molecule has 2 aromatic rings. The van der Waals surface area contributed by atoms with Crippen LogP contribution >= 0.6 is 0 Å². The van der Waals surface area contributed by atoms with Crippen molar-refractivity contribution in [1.82, 2.24) is 0 Å². The summed E-state index contributed by atoms with van der Waals surface area (Å²) in [6, 6.07) is 2.21. The summed E-state index contributed by atoms with van der Waals surface area (Å²) in [4.78, 5) is 11.4. The van der Waals surface area contributed by atoms with Crippen molar-refractivity contribution in [2.45, 2.75) is 39.0 Å². The first kappa shape index (κ1) is 12.3. The molecule has 1 aromatic heterocycles. The molecule has 0 amide bonds. The topological polar surface area (TPSA) is 39.4 Å². The number of hydrogen-bond donors (Lipinski definition) is 0. The summed E-state index contributed by atoms with van der Waals surface area (Å²) in [7, 11) is 1.41. The molecule has 1 aliphatic rings. The summed E-state index contributed by atoms with van der Waals surface area (Å²) >= 11 is 0. The molecule has 0 bridgehead atoms. The molecule has 0 radical (unpaired) electrons. The first-order chi connectivity index (χ1) is 9.20. The molecule has 0 unspecified atom stereocenters. The maximum Gasteiger partial charge on any atom is 0.310 e. The number of benzene rings is 1. The third kappa shape index (κ3) is 2.03. The van der Waals surface area contributed by atoms with Gasteiger partial charge in [-0.15, -0.1) is 0 Å². The third-order valence-corrected chi connectivity index (χ3v) is 4.09. The predicted octanol–water partition coefficient (Wildman–Crippen LogP) is 3.34. The van der Waals surface area contributed by atoms with Gasteiger partial charge in [0, 0.05) is 10.9 Å². The maximum atomic E-state index is 11.4. The molecule has 0 fully saturated rings. The van der Waals surface area contributed by atoms with E-state index in [0.29, 0.717) is 0 Å². The standard InChI is InChI=1S/C16H18O3/c1-10-13-6-4-3-5-11(13)7-14-12(8-15(17)18-2)9-19-16(10)14/h7,9H,3-6,8H2,1-2H3. The van der Waals surface area contributed by atoms with Gasteiger partial charge in [-0.25, -0.2) is 0 Å². The van der Waals surface area contributed by atoms with E-state index in [-0.39, 0.29) is 12.4 Å². The summed E-state index contributed by atoms with van der Waals surface area (Å²) < 4.78 is 10.4. The lowest BCUT2D eigenvalue weighted by Gasteiger charge is -2.18. The van der Waals surface area contributed by atoms with E-state index in [1.807, 2.05) is 0 Å². The van der Waals surface area contributed by atoms with Gasteiger partial charge in [0.15, 0.2) is 0 Å². The Morgan fingerprint density at radius 1 is 1.37 bits per heavy atom. The number of rotatable bonds is 2. The van der Waals surface area contributed by atoms with Gasteiger partial charge < -0.3 is 9.15 Å². The van der Waals surface area contributed by atoms with Crippen LogP contribution in [0.5, 0.6) is 0 Å². The normalized spacial score (nSPS) is 14.4. The molecule has 0 aliphatic heterocycles. The number of fused-ring (bicyclic) bond motifs is 2. The van der Waals surface area contributed by atoms with Gasteiger partial charge in [-0.2, -0.15) is 0 Å². The van der Waals surface area contributed by atoms with Crippen LogP contribution in [0.2, 0.25) is 0 Å². The van der Waals surface area contributed by atoms with Gasteiger partial charge in [0.25, 0.3) is 0 Å². The van der Waals surface area contributed by atoms with E-state index >= 15 is 0 Å². The SMILES string of the molecule is COC(=O)Cc1coc2c(C)c3c(cc12)CCCC3. The van der Waals surface area contributed by atoms with E-state index in [4.69, 9.17) is 9.15 Å². The van der Waals surface area contributed by atoms with Crippen LogP contribution < -0.4 is 0 Å². The molecule has 0 saturated carbocycles. The van der Waals surface area contributed by atoms with Gasteiger partial charge in [0.1, 0.15) is 5.58 Å². The van der Waals surface area contributed by atoms with Crippen LogP contribution in [0, 0.1) is 6.92 Å². The first-order valence-electron chi connectivity index (χ1n) is 6.79. The minimum absolute atomic E-state index is 0.224. The second kappa shape index (κ2) is 4.72. The second-order valence-corrected chi connectivity index (χ2v) is 5.24. The Morgan fingerprint density at radius 2 is 2.16 bits per heavy atom. The molecular weight excluding hydrogens is 240 g/mol. The van der Waals surface area contributed by atoms with Crippen molar-refractivity contribution in [3.63, 3.8) is 0 Å². The van der Waals surface area contributed by atoms with Crippen molar-refractivity contribution in [2.24, 2.45) is 0 Å². The number of furan rings is 1. The average molecular weight is 258 g/mol. The molecule has 3 rings (SSSR count). The largest absolute Gasteiger partial charge is 0.469 e. The lowest BCUT2D eigenvalue weighted by molar-refractivity contribution is -0.139. The lowest BCUT2D eigenvalue weighted by atomic mass is 9.87. The van der Waals surface area contributed by atoms with Crippen molar-refractivity contribution in [3.8, 4) is 0 Å². The van der Waals surface area contributed by atoms with Crippen molar-refractivity contribution in [1.29, 1.82) is 0 Å². The minimum atomic E-state index is -0.224. The fourth-order valence-electron chi connectivity index (χ4n) is 3.04. The molecule has 0 spiro atoms. The monoisotopic (exact) mass is 258 g/mol. The molecule has 3 heteroatoms. The quantitative estimate of drug-likeness (QED) is 0.776. The number of aryl methyl sites for hydroxylation is 2. The Balaban J connectivity index is 2.12. The third-order valence-electron chi connectivity index (χ3n) is 4.09. The number of hydrogen-bond acceptors (Lipinski definition) is 3. The molecule has 1 aromatic carbocycles. The smallest absolute Gasteiger partial charge is 0.310 e. The summed E-state index contributed by atoms with van der Waals surface area (Å²) in [6.45, 7) is 2.12. The highest BCUT2D eigenvalue weighted by Gasteiger charge is 2.19. The fourth-order valence-corrected chi connectivity index (χ4v) is 3.04. The molecule has 1 heterocycles. The van der Waals surface area contributed by atoms with Crippen molar-refractivity contribution >= 4 is 16.9 Å². The zero-order valence-electron chi connectivity index (χ0n) is 11.4.